The van der Waals surface area contributed by atoms with Crippen molar-refractivity contribution in [3.8, 4) is 0 Å². The number of benzene rings is 1. The normalized spacial score (nSPS) is 18.8. The van der Waals surface area contributed by atoms with E-state index in [2.05, 4.69) is 0 Å². The molecule has 0 atom stereocenters. The monoisotopic (exact) mass is 215 g/mol. The highest BCUT2D eigenvalue weighted by Gasteiger charge is 2.15. The fraction of sp³-hybridized carbons (Fsp3) is 0.357. The number of Topliss-reactive ketones (excluding diaryl/α,β-unsaturated/α-hetero) is 1. The number of carbonyl (C=O) groups is 1. The van der Waals surface area contributed by atoms with Gasteiger partial charge in [0.2, 0.25) is 0 Å². The van der Waals surface area contributed by atoms with Gasteiger partial charge in [-0.2, -0.15) is 0 Å². The molecule has 0 unspecified atom stereocenters. The fourth-order valence-electron chi connectivity index (χ4n) is 2.01. The van der Waals surface area contributed by atoms with E-state index in [0.717, 1.165) is 30.5 Å². The smallest absolute Gasteiger partial charge is 0.160 e. The SMILES string of the molecule is CN(C=C1CCCCC1=O)c1ccccc1. The van der Waals surface area contributed by atoms with Crippen LogP contribution >= 0.6 is 0 Å². The van der Waals surface area contributed by atoms with E-state index in [1.807, 2.05) is 48.5 Å². The number of carbonyl (C=O) groups excluding carboxylic acids is 1. The molecular weight excluding hydrogens is 198 g/mol. The molecule has 2 heteroatoms. The minimum atomic E-state index is 0.314. The summed E-state index contributed by atoms with van der Waals surface area (Å²) in [7, 11) is 1.99. The number of allylic oxidation sites excluding steroid dienone is 1. The second-order valence-electron chi connectivity index (χ2n) is 4.23. The number of ketones is 1. The second kappa shape index (κ2) is 4.97. The Labute approximate surface area is 96.6 Å². The Morgan fingerprint density at radius 2 is 1.81 bits per heavy atom. The highest BCUT2D eigenvalue weighted by molar-refractivity contribution is 5.96. The quantitative estimate of drug-likeness (QED) is 0.706. The van der Waals surface area contributed by atoms with E-state index in [0.29, 0.717) is 12.2 Å². The van der Waals surface area contributed by atoms with Gasteiger partial charge in [-0.15, -0.1) is 0 Å². The third-order valence-corrected chi connectivity index (χ3v) is 2.97. The number of anilines is 1. The Balaban J connectivity index is 2.14. The van der Waals surface area contributed by atoms with E-state index in [9.17, 15) is 4.79 Å². The lowest BCUT2D eigenvalue weighted by Crippen LogP contribution is -2.15. The lowest BCUT2D eigenvalue weighted by molar-refractivity contribution is -0.116. The van der Waals surface area contributed by atoms with Gasteiger partial charge in [-0.3, -0.25) is 4.79 Å². The number of hydrogen-bond donors (Lipinski definition) is 0. The van der Waals surface area contributed by atoms with Gasteiger partial charge in [0.25, 0.3) is 0 Å². The molecule has 0 aromatic heterocycles. The minimum Gasteiger partial charge on any atom is -0.351 e. The summed E-state index contributed by atoms with van der Waals surface area (Å²) in [5.74, 6) is 0.314. The maximum atomic E-state index is 11.7. The summed E-state index contributed by atoms with van der Waals surface area (Å²) in [6.45, 7) is 0. The predicted molar refractivity (Wildman–Crippen MR) is 66.4 cm³/mol. The maximum absolute atomic E-state index is 11.7. The maximum Gasteiger partial charge on any atom is 0.160 e. The molecule has 0 bridgehead atoms. The molecule has 0 spiro atoms. The summed E-state index contributed by atoms with van der Waals surface area (Å²) in [4.78, 5) is 13.7. The van der Waals surface area contributed by atoms with Gasteiger partial charge in [-0.05, 0) is 31.4 Å². The summed E-state index contributed by atoms with van der Waals surface area (Å²) in [5, 5.41) is 0. The molecule has 1 aliphatic rings. The van der Waals surface area contributed by atoms with Crippen LogP contribution in [0.4, 0.5) is 5.69 Å². The van der Waals surface area contributed by atoms with Gasteiger partial charge in [0, 0.05) is 30.9 Å². The first-order valence-corrected chi connectivity index (χ1v) is 5.79. The predicted octanol–water partition coefficient (Wildman–Crippen LogP) is 3.15. The van der Waals surface area contributed by atoms with Gasteiger partial charge in [-0.25, -0.2) is 0 Å². The summed E-state index contributed by atoms with van der Waals surface area (Å²) >= 11 is 0. The standard InChI is InChI=1S/C14H17NO/c1-15(13-8-3-2-4-9-13)11-12-7-5-6-10-14(12)16/h2-4,8-9,11H,5-7,10H2,1H3. The fourth-order valence-corrected chi connectivity index (χ4v) is 2.01. The molecule has 0 radical (unpaired) electrons. The van der Waals surface area contributed by atoms with Gasteiger partial charge in [0.05, 0.1) is 0 Å². The highest BCUT2D eigenvalue weighted by Crippen LogP contribution is 2.21. The van der Waals surface area contributed by atoms with E-state index >= 15 is 0 Å². The molecule has 1 saturated carbocycles. The molecule has 0 N–H and O–H groups in total. The van der Waals surface area contributed by atoms with Gasteiger partial charge in [-0.1, -0.05) is 18.2 Å². The third kappa shape index (κ3) is 2.51. The molecule has 0 aliphatic heterocycles. The lowest BCUT2D eigenvalue weighted by atomic mass is 9.94. The Kier molecular flexibility index (Phi) is 3.40. The van der Waals surface area contributed by atoms with Crippen LogP contribution < -0.4 is 4.90 Å². The molecule has 1 aliphatic carbocycles. The van der Waals surface area contributed by atoms with Crippen LogP contribution in [0.15, 0.2) is 42.1 Å². The Hall–Kier alpha value is -1.57. The topological polar surface area (TPSA) is 20.3 Å². The van der Waals surface area contributed by atoms with Crippen molar-refractivity contribution in [1.82, 2.24) is 0 Å². The van der Waals surface area contributed by atoms with Crippen molar-refractivity contribution in [2.45, 2.75) is 25.7 Å². The van der Waals surface area contributed by atoms with Crippen molar-refractivity contribution in [1.29, 1.82) is 0 Å². The van der Waals surface area contributed by atoms with Crippen LogP contribution in [0.2, 0.25) is 0 Å². The first kappa shape index (κ1) is 10.9. The Morgan fingerprint density at radius 1 is 1.12 bits per heavy atom. The van der Waals surface area contributed by atoms with Crippen LogP contribution in [0.25, 0.3) is 0 Å². The average Bonchev–Trinajstić information content (AvgIpc) is 2.33. The molecule has 1 aromatic rings. The van der Waals surface area contributed by atoms with Crippen molar-refractivity contribution >= 4 is 11.5 Å². The van der Waals surface area contributed by atoms with Crippen molar-refractivity contribution in [2.75, 3.05) is 11.9 Å². The second-order valence-corrected chi connectivity index (χ2v) is 4.23. The van der Waals surface area contributed by atoms with Crippen LogP contribution in [0, 0.1) is 0 Å². The minimum absolute atomic E-state index is 0.314. The molecule has 84 valence electrons. The van der Waals surface area contributed by atoms with Crippen LogP contribution in [-0.4, -0.2) is 12.8 Å². The van der Waals surface area contributed by atoms with E-state index in [1.165, 1.54) is 0 Å². The van der Waals surface area contributed by atoms with Crippen molar-refractivity contribution in [2.24, 2.45) is 0 Å². The zero-order chi connectivity index (χ0) is 11.4. The third-order valence-electron chi connectivity index (χ3n) is 2.97. The molecule has 1 aromatic carbocycles. The highest BCUT2D eigenvalue weighted by atomic mass is 16.1. The van der Waals surface area contributed by atoms with Gasteiger partial charge in [0.1, 0.15) is 0 Å². The number of rotatable bonds is 2. The Bertz CT molecular complexity index is 394. The molecule has 1 fully saturated rings. The van der Waals surface area contributed by atoms with Crippen LogP contribution in [0.5, 0.6) is 0 Å². The summed E-state index contributed by atoms with van der Waals surface area (Å²) in [6, 6.07) is 10.1. The zero-order valence-corrected chi connectivity index (χ0v) is 9.65. The summed E-state index contributed by atoms with van der Waals surface area (Å²) < 4.78 is 0. The zero-order valence-electron chi connectivity index (χ0n) is 9.65. The molecule has 0 amide bonds. The molecule has 2 rings (SSSR count). The van der Waals surface area contributed by atoms with Crippen LogP contribution in [0.3, 0.4) is 0 Å². The molecule has 0 heterocycles. The van der Waals surface area contributed by atoms with Crippen molar-refractivity contribution < 1.29 is 4.79 Å². The van der Waals surface area contributed by atoms with Crippen LogP contribution in [0.1, 0.15) is 25.7 Å². The molecule has 2 nitrogen and oxygen atoms in total. The van der Waals surface area contributed by atoms with E-state index in [1.54, 1.807) is 0 Å². The first-order chi connectivity index (χ1) is 7.77. The Morgan fingerprint density at radius 3 is 2.50 bits per heavy atom. The van der Waals surface area contributed by atoms with Gasteiger partial charge < -0.3 is 4.90 Å². The number of hydrogen-bond acceptors (Lipinski definition) is 2. The lowest BCUT2D eigenvalue weighted by Gasteiger charge is -2.19. The molecule has 16 heavy (non-hydrogen) atoms. The van der Waals surface area contributed by atoms with E-state index < -0.39 is 0 Å². The van der Waals surface area contributed by atoms with Gasteiger partial charge >= 0.3 is 0 Å². The van der Waals surface area contributed by atoms with Crippen molar-refractivity contribution in [3.63, 3.8) is 0 Å². The van der Waals surface area contributed by atoms with E-state index in [-0.39, 0.29) is 0 Å². The summed E-state index contributed by atoms with van der Waals surface area (Å²) in [6.07, 6.45) is 5.81. The molecule has 0 saturated heterocycles. The van der Waals surface area contributed by atoms with Crippen molar-refractivity contribution in [3.05, 3.63) is 42.1 Å². The largest absolute Gasteiger partial charge is 0.351 e. The average molecular weight is 215 g/mol. The van der Waals surface area contributed by atoms with Gasteiger partial charge in [0.15, 0.2) is 5.78 Å². The van der Waals surface area contributed by atoms with E-state index in [4.69, 9.17) is 0 Å². The van der Waals surface area contributed by atoms with Crippen LogP contribution in [-0.2, 0) is 4.79 Å². The summed E-state index contributed by atoms with van der Waals surface area (Å²) in [5.41, 5.74) is 2.09. The molecular formula is C14H17NO. The number of para-hydroxylation sites is 1. The number of nitrogens with zero attached hydrogens (tertiary/aromatic N) is 1. The first-order valence-electron chi connectivity index (χ1n) is 5.79.